The number of likely N-dealkylation sites (N-methyl/N-ethyl adjacent to an activating group) is 2. The lowest BCUT2D eigenvalue weighted by atomic mass is 9.87. The third-order valence-corrected chi connectivity index (χ3v) is 7.69. The van der Waals surface area contributed by atoms with Crippen molar-refractivity contribution in [1.82, 2.24) is 20.0 Å². The highest BCUT2D eigenvalue weighted by Crippen LogP contribution is 2.29. The topological polar surface area (TPSA) is 91.4 Å². The van der Waals surface area contributed by atoms with Gasteiger partial charge in [0.05, 0.1) is 43.3 Å². The van der Waals surface area contributed by atoms with Crippen LogP contribution < -0.4 is 5.32 Å². The van der Waals surface area contributed by atoms with Crippen molar-refractivity contribution in [1.29, 1.82) is 0 Å². The third kappa shape index (κ3) is 8.15. The molecule has 0 bridgehead atoms. The zero-order chi connectivity index (χ0) is 27.7. The number of likely N-dealkylation sites (tertiary alicyclic amines) is 1. The predicted molar refractivity (Wildman–Crippen MR) is 143 cm³/mol. The number of carbonyl (C=O) groups is 3. The van der Waals surface area contributed by atoms with Crippen LogP contribution >= 0.6 is 0 Å². The number of nitrogens with one attached hydrogen (secondary N) is 1. The minimum absolute atomic E-state index is 0.00116. The molecule has 0 aromatic carbocycles. The zero-order valence-electron chi connectivity index (χ0n) is 24.5. The Kier molecular flexibility index (Phi) is 13.4. The quantitative estimate of drug-likeness (QED) is 0.362. The molecule has 3 amide bonds. The Morgan fingerprint density at radius 1 is 1.00 bits per heavy atom. The van der Waals surface area contributed by atoms with E-state index in [1.807, 2.05) is 37.7 Å². The molecular weight excluding hydrogens is 460 g/mol. The number of amides is 3. The minimum Gasteiger partial charge on any atom is -0.379 e. The van der Waals surface area contributed by atoms with Gasteiger partial charge < -0.3 is 24.6 Å². The molecule has 1 N–H and O–H groups in total. The van der Waals surface area contributed by atoms with Gasteiger partial charge in [-0.1, -0.05) is 48.0 Å². The summed E-state index contributed by atoms with van der Waals surface area (Å²) in [7, 11) is 8.74. The monoisotopic (exact) mass is 512 g/mol. The fourth-order valence-electron chi connectivity index (χ4n) is 5.50. The van der Waals surface area contributed by atoms with Gasteiger partial charge in [-0.05, 0) is 38.3 Å². The molecule has 6 unspecified atom stereocenters. The molecule has 0 spiro atoms. The normalized spacial score (nSPS) is 20.1. The van der Waals surface area contributed by atoms with Crippen molar-refractivity contribution >= 4 is 17.7 Å². The van der Waals surface area contributed by atoms with Gasteiger partial charge in [-0.15, -0.1) is 0 Å². The second-order valence-electron chi connectivity index (χ2n) is 11.1. The molecule has 1 fully saturated rings. The van der Waals surface area contributed by atoms with E-state index < -0.39 is 6.10 Å². The van der Waals surface area contributed by atoms with Crippen LogP contribution in [0.25, 0.3) is 0 Å². The van der Waals surface area contributed by atoms with Gasteiger partial charge in [-0.2, -0.15) is 0 Å². The third-order valence-electron chi connectivity index (χ3n) is 7.69. The summed E-state index contributed by atoms with van der Waals surface area (Å²) in [5.41, 5.74) is 0. The largest absolute Gasteiger partial charge is 0.379 e. The van der Waals surface area contributed by atoms with E-state index >= 15 is 0 Å². The minimum atomic E-state index is -0.455. The maximum Gasteiger partial charge on any atom is 0.242 e. The van der Waals surface area contributed by atoms with E-state index in [1.54, 1.807) is 26.2 Å². The molecule has 9 heteroatoms. The first-order valence-electron chi connectivity index (χ1n) is 13.4. The summed E-state index contributed by atoms with van der Waals surface area (Å²) in [6, 6.07) is -0.544. The predicted octanol–water partition coefficient (Wildman–Crippen LogP) is 2.24. The van der Waals surface area contributed by atoms with Crippen molar-refractivity contribution in [3.63, 3.8) is 0 Å². The van der Waals surface area contributed by atoms with Crippen LogP contribution in [0.1, 0.15) is 60.8 Å². The lowest BCUT2D eigenvalue weighted by molar-refractivity contribution is -0.152. The van der Waals surface area contributed by atoms with Crippen LogP contribution in [0.5, 0.6) is 0 Å². The molecule has 1 aliphatic heterocycles. The molecule has 6 atom stereocenters. The fraction of sp³-hybridized carbons (Fsp3) is 0.889. The number of hydrogen-bond acceptors (Lipinski definition) is 6. The van der Waals surface area contributed by atoms with Crippen LogP contribution in [0.2, 0.25) is 0 Å². The first kappa shape index (κ1) is 32.3. The van der Waals surface area contributed by atoms with E-state index in [0.29, 0.717) is 12.5 Å². The number of nitrogens with zero attached hydrogens (tertiary/aromatic N) is 3. The van der Waals surface area contributed by atoms with Crippen molar-refractivity contribution in [2.75, 3.05) is 48.5 Å². The Hall–Kier alpha value is -1.71. The molecule has 1 heterocycles. The molecule has 210 valence electrons. The Morgan fingerprint density at radius 3 is 2.00 bits per heavy atom. The van der Waals surface area contributed by atoms with Crippen molar-refractivity contribution < 1.29 is 23.9 Å². The summed E-state index contributed by atoms with van der Waals surface area (Å²) in [5.74, 6) is 0.176. The van der Waals surface area contributed by atoms with Gasteiger partial charge in [-0.25, -0.2) is 0 Å². The number of rotatable bonds is 15. The van der Waals surface area contributed by atoms with Crippen LogP contribution in [-0.4, -0.2) is 111 Å². The lowest BCUT2D eigenvalue weighted by Gasteiger charge is -2.47. The number of carbonyl (C=O) groups excluding carboxylic acids is 3. The first-order valence-corrected chi connectivity index (χ1v) is 13.4. The molecule has 0 aromatic heterocycles. The van der Waals surface area contributed by atoms with Gasteiger partial charge in [-0.3, -0.25) is 19.3 Å². The van der Waals surface area contributed by atoms with E-state index in [2.05, 4.69) is 33.0 Å². The Balaban J connectivity index is 2.94. The molecule has 36 heavy (non-hydrogen) atoms. The lowest BCUT2D eigenvalue weighted by Crippen LogP contribution is -2.60. The summed E-state index contributed by atoms with van der Waals surface area (Å²) in [5, 5.41) is 2.81. The average Bonchev–Trinajstić information content (AvgIpc) is 2.78. The molecule has 1 rings (SSSR count). The Labute approximate surface area is 219 Å². The van der Waals surface area contributed by atoms with Crippen LogP contribution in [0.4, 0.5) is 0 Å². The van der Waals surface area contributed by atoms with Gasteiger partial charge in [0.1, 0.15) is 0 Å². The van der Waals surface area contributed by atoms with E-state index in [0.717, 1.165) is 12.8 Å². The first-order chi connectivity index (χ1) is 16.8. The smallest absolute Gasteiger partial charge is 0.242 e. The molecule has 9 nitrogen and oxygen atoms in total. The fourth-order valence-corrected chi connectivity index (χ4v) is 5.50. The van der Waals surface area contributed by atoms with Gasteiger partial charge in [0.15, 0.2) is 0 Å². The van der Waals surface area contributed by atoms with E-state index in [4.69, 9.17) is 9.47 Å². The Bertz CT molecular complexity index is 706. The highest BCUT2D eigenvalue weighted by molar-refractivity contribution is 5.87. The van der Waals surface area contributed by atoms with Crippen molar-refractivity contribution in [3.8, 4) is 0 Å². The molecule has 0 saturated carbocycles. The Morgan fingerprint density at radius 2 is 1.61 bits per heavy atom. The van der Waals surface area contributed by atoms with Crippen LogP contribution in [0.15, 0.2) is 0 Å². The molecular formula is C27H52N4O5. The van der Waals surface area contributed by atoms with E-state index in [1.165, 1.54) is 0 Å². The SMILES string of the molecule is CCC(C)C(C(CC(=O)N1CCC1C(OC)C(C)C)OC)N(C)C(=O)CNC(=O)C(C(C)C)N(C)C. The second kappa shape index (κ2) is 14.9. The summed E-state index contributed by atoms with van der Waals surface area (Å²) in [6.45, 7) is 12.9. The maximum atomic E-state index is 13.3. The molecule has 1 aliphatic rings. The van der Waals surface area contributed by atoms with Gasteiger partial charge in [0.2, 0.25) is 17.7 Å². The number of ether oxygens (including phenoxy) is 2. The average molecular weight is 513 g/mol. The van der Waals surface area contributed by atoms with Crippen LogP contribution in [-0.2, 0) is 23.9 Å². The highest BCUT2D eigenvalue weighted by Gasteiger charge is 2.42. The highest BCUT2D eigenvalue weighted by atomic mass is 16.5. The van der Waals surface area contributed by atoms with E-state index in [9.17, 15) is 14.4 Å². The van der Waals surface area contributed by atoms with Gasteiger partial charge >= 0.3 is 0 Å². The number of methoxy groups -OCH3 is 2. The van der Waals surface area contributed by atoms with E-state index in [-0.39, 0.29) is 66.8 Å². The van der Waals surface area contributed by atoms with Crippen LogP contribution in [0.3, 0.4) is 0 Å². The van der Waals surface area contributed by atoms with Gasteiger partial charge in [0, 0.05) is 27.8 Å². The van der Waals surface area contributed by atoms with Crippen molar-refractivity contribution in [3.05, 3.63) is 0 Å². The number of hydrogen-bond donors (Lipinski definition) is 1. The molecule has 1 saturated heterocycles. The summed E-state index contributed by atoms with van der Waals surface area (Å²) in [6.07, 6.45) is 1.49. The zero-order valence-corrected chi connectivity index (χ0v) is 24.5. The summed E-state index contributed by atoms with van der Waals surface area (Å²) in [4.78, 5) is 44.6. The summed E-state index contributed by atoms with van der Waals surface area (Å²) < 4.78 is 11.5. The molecule has 0 aliphatic carbocycles. The second-order valence-corrected chi connectivity index (χ2v) is 11.1. The molecule has 0 radical (unpaired) electrons. The van der Waals surface area contributed by atoms with Gasteiger partial charge in [0.25, 0.3) is 0 Å². The van der Waals surface area contributed by atoms with Crippen molar-refractivity contribution in [2.45, 2.75) is 91.1 Å². The maximum absolute atomic E-state index is 13.3. The standard InChI is InChI=1S/C27H52N4O5/c1-12-19(6)25(30(9)23(33)16-28-27(34)24(17(2)3)29(7)8)21(35-10)15-22(32)31-14-13-20(31)26(36-11)18(4)5/h17-21,24-26H,12-16H2,1-11H3,(H,28,34). The molecule has 0 aromatic rings. The summed E-state index contributed by atoms with van der Waals surface area (Å²) >= 11 is 0. The van der Waals surface area contributed by atoms with Crippen molar-refractivity contribution in [2.24, 2.45) is 17.8 Å². The van der Waals surface area contributed by atoms with Crippen LogP contribution in [0, 0.1) is 17.8 Å².